The van der Waals surface area contributed by atoms with Crippen molar-refractivity contribution in [3.8, 4) is 0 Å². The fraction of sp³-hybridized carbons (Fsp3) is 0.682. The van der Waals surface area contributed by atoms with E-state index in [1.165, 1.54) is 38.5 Å². The van der Waals surface area contributed by atoms with Crippen LogP contribution in [0.15, 0.2) is 29.3 Å². The van der Waals surface area contributed by atoms with Crippen molar-refractivity contribution in [1.29, 1.82) is 0 Å². The van der Waals surface area contributed by atoms with Crippen LogP contribution in [0.5, 0.6) is 0 Å². The average molecular weight is 375 g/mol. The van der Waals surface area contributed by atoms with Gasteiger partial charge in [-0.05, 0) is 61.8 Å². The molecular formula is C22H35FN4. The van der Waals surface area contributed by atoms with Crippen molar-refractivity contribution in [2.75, 3.05) is 39.8 Å². The van der Waals surface area contributed by atoms with Crippen LogP contribution in [0.3, 0.4) is 0 Å². The zero-order chi connectivity index (χ0) is 19.3. The number of likely N-dealkylation sites (tertiary alicyclic amines) is 1. The predicted octanol–water partition coefficient (Wildman–Crippen LogP) is 3.39. The first kappa shape index (κ1) is 20.1. The average Bonchev–Trinajstić information content (AvgIpc) is 3.43. The Morgan fingerprint density at radius 1 is 1.33 bits per heavy atom. The van der Waals surface area contributed by atoms with Gasteiger partial charge in [0.2, 0.25) is 0 Å². The highest BCUT2D eigenvalue weighted by Crippen LogP contribution is 2.47. The van der Waals surface area contributed by atoms with Gasteiger partial charge in [0.25, 0.3) is 0 Å². The number of hydrogen-bond donors (Lipinski definition) is 2. The predicted molar refractivity (Wildman–Crippen MR) is 111 cm³/mol. The number of guanidine groups is 1. The van der Waals surface area contributed by atoms with Gasteiger partial charge in [-0.1, -0.05) is 26.0 Å². The molecule has 0 aromatic heterocycles. The SMILES string of the molecule is CN=C(NCC1CCCN(CC(C)C)C1)NCC1(c2cccc(F)c2)CC1. The van der Waals surface area contributed by atoms with Gasteiger partial charge < -0.3 is 15.5 Å². The first-order chi connectivity index (χ1) is 13.0. The lowest BCUT2D eigenvalue weighted by atomic mass is 9.96. The fourth-order valence-corrected chi connectivity index (χ4v) is 4.25. The first-order valence-electron chi connectivity index (χ1n) is 10.4. The number of hydrogen-bond acceptors (Lipinski definition) is 2. The van der Waals surface area contributed by atoms with E-state index in [1.54, 1.807) is 6.07 Å². The molecule has 1 heterocycles. The molecule has 1 aromatic carbocycles. The molecule has 0 bridgehead atoms. The van der Waals surface area contributed by atoms with Gasteiger partial charge in [-0.3, -0.25) is 4.99 Å². The monoisotopic (exact) mass is 374 g/mol. The lowest BCUT2D eigenvalue weighted by molar-refractivity contribution is 0.159. The van der Waals surface area contributed by atoms with E-state index in [1.807, 2.05) is 19.2 Å². The van der Waals surface area contributed by atoms with Crippen LogP contribution in [0.2, 0.25) is 0 Å². The number of benzene rings is 1. The summed E-state index contributed by atoms with van der Waals surface area (Å²) in [7, 11) is 1.82. The van der Waals surface area contributed by atoms with Crippen molar-refractivity contribution in [3.05, 3.63) is 35.6 Å². The van der Waals surface area contributed by atoms with Gasteiger partial charge in [-0.15, -0.1) is 0 Å². The molecule has 2 fully saturated rings. The summed E-state index contributed by atoms with van der Waals surface area (Å²) < 4.78 is 13.6. The van der Waals surface area contributed by atoms with Crippen LogP contribution in [0.1, 0.15) is 45.1 Å². The minimum atomic E-state index is -0.149. The molecule has 150 valence electrons. The summed E-state index contributed by atoms with van der Waals surface area (Å²) in [5.41, 5.74) is 1.17. The number of halogens is 1. The Bertz CT molecular complexity index is 639. The highest BCUT2D eigenvalue weighted by atomic mass is 19.1. The third-order valence-electron chi connectivity index (χ3n) is 5.89. The Morgan fingerprint density at radius 2 is 2.15 bits per heavy atom. The molecule has 0 amide bonds. The molecule has 1 unspecified atom stereocenters. The van der Waals surface area contributed by atoms with E-state index in [4.69, 9.17) is 0 Å². The Hall–Kier alpha value is -1.62. The molecular weight excluding hydrogens is 339 g/mol. The number of aliphatic imine (C=N–C) groups is 1. The van der Waals surface area contributed by atoms with Crippen LogP contribution in [0.25, 0.3) is 0 Å². The molecule has 0 radical (unpaired) electrons. The zero-order valence-electron chi connectivity index (χ0n) is 17.1. The maximum Gasteiger partial charge on any atom is 0.191 e. The molecule has 1 saturated heterocycles. The van der Waals surface area contributed by atoms with Crippen LogP contribution < -0.4 is 10.6 Å². The van der Waals surface area contributed by atoms with Gasteiger partial charge in [-0.2, -0.15) is 0 Å². The summed E-state index contributed by atoms with van der Waals surface area (Å²) in [5.74, 6) is 2.11. The van der Waals surface area contributed by atoms with Gasteiger partial charge in [0.15, 0.2) is 5.96 Å². The minimum absolute atomic E-state index is 0.0681. The van der Waals surface area contributed by atoms with Crippen LogP contribution >= 0.6 is 0 Å². The maximum absolute atomic E-state index is 13.6. The van der Waals surface area contributed by atoms with Crippen molar-refractivity contribution in [1.82, 2.24) is 15.5 Å². The van der Waals surface area contributed by atoms with Crippen molar-refractivity contribution < 1.29 is 4.39 Å². The second-order valence-corrected chi connectivity index (χ2v) is 8.76. The van der Waals surface area contributed by atoms with Crippen LogP contribution in [-0.2, 0) is 5.41 Å². The molecule has 4 nitrogen and oxygen atoms in total. The second-order valence-electron chi connectivity index (χ2n) is 8.76. The Kier molecular flexibility index (Phi) is 6.74. The normalized spacial score (nSPS) is 22.7. The van der Waals surface area contributed by atoms with Crippen LogP contribution in [-0.4, -0.2) is 50.6 Å². The molecule has 0 spiro atoms. The van der Waals surface area contributed by atoms with Crippen molar-refractivity contribution in [2.45, 2.75) is 44.9 Å². The maximum atomic E-state index is 13.6. The van der Waals surface area contributed by atoms with E-state index in [-0.39, 0.29) is 11.2 Å². The van der Waals surface area contributed by atoms with E-state index in [9.17, 15) is 4.39 Å². The largest absolute Gasteiger partial charge is 0.356 e. The van der Waals surface area contributed by atoms with E-state index in [0.29, 0.717) is 5.92 Å². The van der Waals surface area contributed by atoms with Crippen molar-refractivity contribution in [2.24, 2.45) is 16.8 Å². The third-order valence-corrected chi connectivity index (χ3v) is 5.89. The lowest BCUT2D eigenvalue weighted by Crippen LogP contribution is -2.46. The van der Waals surface area contributed by atoms with Gasteiger partial charge in [-0.25, -0.2) is 4.39 Å². The fourth-order valence-electron chi connectivity index (χ4n) is 4.25. The van der Waals surface area contributed by atoms with Crippen LogP contribution in [0.4, 0.5) is 4.39 Å². The summed E-state index contributed by atoms with van der Waals surface area (Å²) in [6.45, 7) is 9.95. The standard InChI is InChI=1S/C22H35FN4/c1-17(2)14-27-11-5-6-18(15-27)13-25-21(24-3)26-16-22(9-10-22)19-7-4-8-20(23)12-19/h4,7-8,12,17-18H,5-6,9-11,13-16H2,1-3H3,(H2,24,25,26). The van der Waals surface area contributed by atoms with Gasteiger partial charge in [0.05, 0.1) is 0 Å². The Labute approximate surface area is 163 Å². The molecule has 1 saturated carbocycles. The van der Waals surface area contributed by atoms with E-state index in [0.717, 1.165) is 43.4 Å². The lowest BCUT2D eigenvalue weighted by Gasteiger charge is -2.34. The van der Waals surface area contributed by atoms with Gasteiger partial charge >= 0.3 is 0 Å². The van der Waals surface area contributed by atoms with E-state index < -0.39 is 0 Å². The van der Waals surface area contributed by atoms with E-state index >= 15 is 0 Å². The Morgan fingerprint density at radius 3 is 2.81 bits per heavy atom. The van der Waals surface area contributed by atoms with E-state index in [2.05, 4.69) is 34.4 Å². The summed E-state index contributed by atoms with van der Waals surface area (Å²) >= 11 is 0. The molecule has 2 aliphatic rings. The van der Waals surface area contributed by atoms with Gasteiger partial charge in [0, 0.05) is 38.6 Å². The summed E-state index contributed by atoms with van der Waals surface area (Å²) in [6, 6.07) is 7.04. The summed E-state index contributed by atoms with van der Waals surface area (Å²) in [4.78, 5) is 6.99. The first-order valence-corrected chi connectivity index (χ1v) is 10.4. The highest BCUT2D eigenvalue weighted by molar-refractivity contribution is 5.79. The Balaban J connectivity index is 1.46. The number of rotatable bonds is 7. The molecule has 2 N–H and O–H groups in total. The number of piperidine rings is 1. The third kappa shape index (κ3) is 5.68. The summed E-state index contributed by atoms with van der Waals surface area (Å²) in [5, 5.41) is 6.99. The quantitative estimate of drug-likeness (QED) is 0.568. The summed E-state index contributed by atoms with van der Waals surface area (Å²) in [6.07, 6.45) is 4.78. The minimum Gasteiger partial charge on any atom is -0.356 e. The molecule has 27 heavy (non-hydrogen) atoms. The molecule has 1 atom stereocenters. The molecule has 1 aromatic rings. The van der Waals surface area contributed by atoms with Crippen molar-refractivity contribution >= 4 is 5.96 Å². The topological polar surface area (TPSA) is 39.7 Å². The highest BCUT2D eigenvalue weighted by Gasteiger charge is 2.44. The van der Waals surface area contributed by atoms with Crippen LogP contribution in [0, 0.1) is 17.7 Å². The molecule has 3 rings (SSSR count). The zero-order valence-corrected chi connectivity index (χ0v) is 17.1. The smallest absolute Gasteiger partial charge is 0.191 e. The van der Waals surface area contributed by atoms with Gasteiger partial charge in [0.1, 0.15) is 5.82 Å². The van der Waals surface area contributed by atoms with Crippen molar-refractivity contribution in [3.63, 3.8) is 0 Å². The molecule has 1 aliphatic heterocycles. The molecule has 1 aliphatic carbocycles. The molecule has 5 heteroatoms. The second kappa shape index (κ2) is 9.05. The number of nitrogens with zero attached hydrogens (tertiary/aromatic N) is 2. The number of nitrogens with one attached hydrogen (secondary N) is 2.